The maximum Gasteiger partial charge on any atom is 0.318 e. The number of hydrogen-bond donors (Lipinski definition) is 3. The fourth-order valence-corrected chi connectivity index (χ4v) is 3.19. The van der Waals surface area contributed by atoms with E-state index in [1.807, 2.05) is 18.2 Å². The summed E-state index contributed by atoms with van der Waals surface area (Å²) in [6.45, 7) is 7.20. The molecule has 3 rings (SSSR count). The molecule has 2 fully saturated rings. The second kappa shape index (κ2) is 7.74. The molecule has 0 radical (unpaired) electrons. The number of nitrogens with two attached hydrogens (primary N) is 1. The van der Waals surface area contributed by atoms with Crippen molar-refractivity contribution in [3.8, 4) is 0 Å². The van der Waals surface area contributed by atoms with Crippen molar-refractivity contribution < 1.29 is 9.59 Å². The van der Waals surface area contributed by atoms with Crippen LogP contribution in [0.15, 0.2) is 24.3 Å². The summed E-state index contributed by atoms with van der Waals surface area (Å²) in [4.78, 5) is 27.5. The molecule has 0 bridgehead atoms. The lowest BCUT2D eigenvalue weighted by Gasteiger charge is -2.36. The SMILES string of the molecule is CC(Nc1cccc(N2CCN(CC3CC3)CC2)c1)C(=O)NC(N)=O. The van der Waals surface area contributed by atoms with Crippen LogP contribution in [0, 0.1) is 5.92 Å². The molecule has 1 unspecified atom stereocenters. The lowest BCUT2D eigenvalue weighted by Crippen LogP contribution is -2.47. The summed E-state index contributed by atoms with van der Waals surface area (Å²) in [5.74, 6) is 0.499. The summed E-state index contributed by atoms with van der Waals surface area (Å²) in [6, 6.07) is 6.66. The van der Waals surface area contributed by atoms with E-state index in [1.54, 1.807) is 6.92 Å². The molecular formula is C18H27N5O2. The minimum absolute atomic E-state index is 0.438. The molecule has 1 aromatic carbocycles. The van der Waals surface area contributed by atoms with Crippen LogP contribution in [0.3, 0.4) is 0 Å². The standard InChI is InChI=1S/C18H27N5O2/c1-13(17(24)21-18(19)25)20-15-3-2-4-16(11-15)23-9-7-22(8-10-23)12-14-5-6-14/h2-4,11,13-14,20H,5-10,12H2,1H3,(H3,19,21,24,25). The number of amides is 3. The van der Waals surface area contributed by atoms with Crippen molar-refractivity contribution in [2.24, 2.45) is 11.7 Å². The zero-order valence-electron chi connectivity index (χ0n) is 14.7. The lowest BCUT2D eigenvalue weighted by atomic mass is 10.2. The predicted octanol–water partition coefficient (Wildman–Crippen LogP) is 1.21. The Morgan fingerprint density at radius 1 is 1.24 bits per heavy atom. The average Bonchev–Trinajstić information content (AvgIpc) is 3.39. The Labute approximate surface area is 148 Å². The van der Waals surface area contributed by atoms with Crippen LogP contribution in [0.5, 0.6) is 0 Å². The minimum atomic E-state index is -0.837. The highest BCUT2D eigenvalue weighted by molar-refractivity contribution is 5.97. The molecule has 1 saturated heterocycles. The number of anilines is 2. The number of benzene rings is 1. The first-order valence-corrected chi connectivity index (χ1v) is 8.95. The van der Waals surface area contributed by atoms with Crippen LogP contribution in [0.2, 0.25) is 0 Å². The fourth-order valence-electron chi connectivity index (χ4n) is 3.19. The zero-order chi connectivity index (χ0) is 17.8. The number of nitrogens with zero attached hydrogens (tertiary/aromatic N) is 2. The molecule has 7 nitrogen and oxygen atoms in total. The number of carbonyl (C=O) groups is 2. The Hall–Kier alpha value is -2.28. The van der Waals surface area contributed by atoms with Gasteiger partial charge in [0.25, 0.3) is 0 Å². The van der Waals surface area contributed by atoms with E-state index in [4.69, 9.17) is 5.73 Å². The third-order valence-corrected chi connectivity index (χ3v) is 4.82. The van der Waals surface area contributed by atoms with E-state index in [0.29, 0.717) is 0 Å². The van der Waals surface area contributed by atoms with Crippen LogP contribution in [-0.2, 0) is 4.79 Å². The van der Waals surface area contributed by atoms with Gasteiger partial charge in [-0.1, -0.05) is 6.07 Å². The number of piperazine rings is 1. The van der Waals surface area contributed by atoms with Crippen molar-refractivity contribution in [1.82, 2.24) is 10.2 Å². The van der Waals surface area contributed by atoms with Gasteiger partial charge in [0.2, 0.25) is 5.91 Å². The highest BCUT2D eigenvalue weighted by Gasteiger charge is 2.26. The van der Waals surface area contributed by atoms with Crippen molar-refractivity contribution >= 4 is 23.3 Å². The van der Waals surface area contributed by atoms with Crippen molar-refractivity contribution in [2.75, 3.05) is 42.9 Å². The quantitative estimate of drug-likeness (QED) is 0.721. The average molecular weight is 345 g/mol. The third-order valence-electron chi connectivity index (χ3n) is 4.82. The molecule has 25 heavy (non-hydrogen) atoms. The summed E-state index contributed by atoms with van der Waals surface area (Å²) >= 11 is 0. The topological polar surface area (TPSA) is 90.7 Å². The Kier molecular flexibility index (Phi) is 5.43. The molecule has 1 heterocycles. The van der Waals surface area contributed by atoms with Gasteiger partial charge in [-0.05, 0) is 43.9 Å². The van der Waals surface area contributed by atoms with E-state index in [2.05, 4.69) is 26.5 Å². The molecule has 0 aromatic heterocycles. The van der Waals surface area contributed by atoms with E-state index in [-0.39, 0.29) is 0 Å². The molecule has 1 aliphatic carbocycles. The molecular weight excluding hydrogens is 318 g/mol. The van der Waals surface area contributed by atoms with Gasteiger partial charge in [-0.25, -0.2) is 4.79 Å². The minimum Gasteiger partial charge on any atom is -0.374 e. The second-order valence-corrected chi connectivity index (χ2v) is 7.00. The highest BCUT2D eigenvalue weighted by atomic mass is 16.2. The first-order chi connectivity index (χ1) is 12.0. The smallest absolute Gasteiger partial charge is 0.318 e. The van der Waals surface area contributed by atoms with Crippen LogP contribution in [0.1, 0.15) is 19.8 Å². The lowest BCUT2D eigenvalue weighted by molar-refractivity contribution is -0.120. The Balaban J connectivity index is 1.54. The summed E-state index contributed by atoms with van der Waals surface area (Å²) in [5, 5.41) is 5.20. The molecule has 7 heteroatoms. The van der Waals surface area contributed by atoms with Crippen molar-refractivity contribution in [2.45, 2.75) is 25.8 Å². The van der Waals surface area contributed by atoms with Gasteiger partial charge >= 0.3 is 6.03 Å². The monoisotopic (exact) mass is 345 g/mol. The maximum atomic E-state index is 11.8. The van der Waals surface area contributed by atoms with Crippen LogP contribution >= 0.6 is 0 Å². The van der Waals surface area contributed by atoms with Gasteiger partial charge in [0, 0.05) is 44.1 Å². The normalized spacial score (nSPS) is 19.3. The predicted molar refractivity (Wildman–Crippen MR) is 98.6 cm³/mol. The number of carbonyl (C=O) groups excluding carboxylic acids is 2. The van der Waals surface area contributed by atoms with Crippen LogP contribution in [0.25, 0.3) is 0 Å². The van der Waals surface area contributed by atoms with E-state index in [1.165, 1.54) is 19.4 Å². The van der Waals surface area contributed by atoms with Crippen molar-refractivity contribution in [3.05, 3.63) is 24.3 Å². The molecule has 4 N–H and O–H groups in total. The van der Waals surface area contributed by atoms with E-state index >= 15 is 0 Å². The van der Waals surface area contributed by atoms with Gasteiger partial charge < -0.3 is 16.0 Å². The highest BCUT2D eigenvalue weighted by Crippen LogP contribution is 2.30. The van der Waals surface area contributed by atoms with Crippen molar-refractivity contribution in [1.29, 1.82) is 0 Å². The van der Waals surface area contributed by atoms with Gasteiger partial charge in [-0.15, -0.1) is 0 Å². The van der Waals surface area contributed by atoms with Crippen molar-refractivity contribution in [3.63, 3.8) is 0 Å². The molecule has 1 atom stereocenters. The number of nitrogens with one attached hydrogen (secondary N) is 2. The second-order valence-electron chi connectivity index (χ2n) is 7.00. The Bertz CT molecular complexity index is 624. The summed E-state index contributed by atoms with van der Waals surface area (Å²) in [5.41, 5.74) is 6.99. The van der Waals surface area contributed by atoms with Crippen LogP contribution < -0.4 is 21.3 Å². The van der Waals surface area contributed by atoms with Gasteiger partial charge in [0.1, 0.15) is 6.04 Å². The molecule has 1 saturated carbocycles. The van der Waals surface area contributed by atoms with E-state index in [9.17, 15) is 9.59 Å². The van der Waals surface area contributed by atoms with Gasteiger partial charge in [-0.2, -0.15) is 0 Å². The van der Waals surface area contributed by atoms with E-state index in [0.717, 1.165) is 43.5 Å². The molecule has 0 spiro atoms. The number of rotatable bonds is 6. The number of hydrogen-bond acceptors (Lipinski definition) is 5. The first-order valence-electron chi connectivity index (χ1n) is 8.95. The molecule has 2 aliphatic rings. The van der Waals surface area contributed by atoms with Crippen LogP contribution in [-0.4, -0.2) is 55.6 Å². The zero-order valence-corrected chi connectivity index (χ0v) is 14.7. The number of primary amides is 1. The van der Waals surface area contributed by atoms with Crippen LogP contribution in [0.4, 0.5) is 16.2 Å². The van der Waals surface area contributed by atoms with Gasteiger partial charge in [0.15, 0.2) is 0 Å². The molecule has 1 aliphatic heterocycles. The number of imide groups is 1. The summed E-state index contributed by atoms with van der Waals surface area (Å²) in [6.07, 6.45) is 2.80. The molecule has 1 aromatic rings. The first kappa shape index (κ1) is 17.5. The summed E-state index contributed by atoms with van der Waals surface area (Å²) in [7, 11) is 0. The maximum absolute atomic E-state index is 11.8. The van der Waals surface area contributed by atoms with E-state index < -0.39 is 18.0 Å². The fraction of sp³-hybridized carbons (Fsp3) is 0.556. The molecule has 136 valence electrons. The summed E-state index contributed by atoms with van der Waals surface area (Å²) < 4.78 is 0. The molecule has 3 amide bonds. The Morgan fingerprint density at radius 3 is 2.60 bits per heavy atom. The van der Waals surface area contributed by atoms with Gasteiger partial charge in [-0.3, -0.25) is 15.0 Å². The third kappa shape index (κ3) is 5.09. The number of urea groups is 1. The largest absolute Gasteiger partial charge is 0.374 e. The van der Waals surface area contributed by atoms with Gasteiger partial charge in [0.05, 0.1) is 0 Å². The Morgan fingerprint density at radius 2 is 1.96 bits per heavy atom.